The number of aliphatic hydroxyl groups excluding tert-OH is 1. The number of benzene rings is 1. The average molecular weight is 291 g/mol. The van der Waals surface area contributed by atoms with Crippen LogP contribution in [0.3, 0.4) is 0 Å². The molecule has 0 radical (unpaired) electrons. The van der Waals surface area contributed by atoms with Crippen LogP contribution in [0.25, 0.3) is 0 Å². The lowest BCUT2D eigenvalue weighted by atomic mass is 9.88. The van der Waals surface area contributed by atoms with Crippen LogP contribution < -0.4 is 0 Å². The third kappa shape index (κ3) is 4.29. The lowest BCUT2D eigenvalue weighted by Gasteiger charge is -2.42. The minimum absolute atomic E-state index is 0.173. The lowest BCUT2D eigenvalue weighted by molar-refractivity contribution is -0.0105. The molecule has 0 amide bonds. The summed E-state index contributed by atoms with van der Waals surface area (Å²) in [4.78, 5) is 2.47. The van der Waals surface area contributed by atoms with Crippen molar-refractivity contribution in [2.75, 3.05) is 26.8 Å². The molecule has 1 heterocycles. The van der Waals surface area contributed by atoms with E-state index in [0.717, 1.165) is 25.3 Å². The van der Waals surface area contributed by atoms with Crippen molar-refractivity contribution in [2.24, 2.45) is 11.8 Å². The molecule has 1 saturated heterocycles. The third-order valence-corrected chi connectivity index (χ3v) is 4.52. The van der Waals surface area contributed by atoms with Crippen LogP contribution in [0.1, 0.15) is 38.4 Å². The van der Waals surface area contributed by atoms with Crippen molar-refractivity contribution < 1.29 is 9.84 Å². The Hall–Kier alpha value is -0.900. The molecule has 0 saturated carbocycles. The second-order valence-corrected chi connectivity index (χ2v) is 6.55. The molecular formula is C18H29NO2. The Kier molecular flexibility index (Phi) is 6.22. The predicted molar refractivity (Wildman–Crippen MR) is 86.2 cm³/mol. The molecule has 3 heteroatoms. The standard InChI is InChI=1S/C18H29NO2/c1-14(2)17(18(20)16-9-5-4-6-10-16)19-11-7-8-15(12-19)13-21-3/h4-6,9-10,14-15,17-18,20H,7-8,11-13H2,1-3H3. The van der Waals surface area contributed by atoms with Crippen LogP contribution in [0.5, 0.6) is 0 Å². The number of piperidine rings is 1. The van der Waals surface area contributed by atoms with Crippen molar-refractivity contribution in [3.8, 4) is 0 Å². The summed E-state index contributed by atoms with van der Waals surface area (Å²) in [5.41, 5.74) is 1.02. The summed E-state index contributed by atoms with van der Waals surface area (Å²) < 4.78 is 5.33. The molecular weight excluding hydrogens is 262 g/mol. The van der Waals surface area contributed by atoms with Crippen molar-refractivity contribution >= 4 is 0 Å². The number of hydrogen-bond acceptors (Lipinski definition) is 3. The minimum Gasteiger partial charge on any atom is -0.387 e. The molecule has 3 nitrogen and oxygen atoms in total. The number of aliphatic hydroxyl groups is 1. The van der Waals surface area contributed by atoms with Crippen LogP contribution in [0.15, 0.2) is 30.3 Å². The van der Waals surface area contributed by atoms with E-state index in [9.17, 15) is 5.11 Å². The minimum atomic E-state index is -0.424. The molecule has 1 aromatic carbocycles. The Balaban J connectivity index is 2.11. The van der Waals surface area contributed by atoms with Crippen LogP contribution in [-0.2, 0) is 4.74 Å². The number of nitrogens with zero attached hydrogens (tertiary/aromatic N) is 1. The first kappa shape index (κ1) is 16.5. The number of methoxy groups -OCH3 is 1. The van der Waals surface area contributed by atoms with Gasteiger partial charge in [-0.2, -0.15) is 0 Å². The van der Waals surface area contributed by atoms with Crippen molar-refractivity contribution in [3.05, 3.63) is 35.9 Å². The van der Waals surface area contributed by atoms with Gasteiger partial charge in [-0.25, -0.2) is 0 Å². The van der Waals surface area contributed by atoms with Crippen LogP contribution in [0, 0.1) is 11.8 Å². The molecule has 0 bridgehead atoms. The number of rotatable bonds is 6. The van der Waals surface area contributed by atoms with Crippen LogP contribution in [0.4, 0.5) is 0 Å². The summed E-state index contributed by atoms with van der Waals surface area (Å²) in [5, 5.41) is 10.8. The zero-order valence-corrected chi connectivity index (χ0v) is 13.5. The van der Waals surface area contributed by atoms with Gasteiger partial charge in [0.1, 0.15) is 0 Å². The van der Waals surface area contributed by atoms with Gasteiger partial charge in [0.25, 0.3) is 0 Å². The van der Waals surface area contributed by atoms with Gasteiger partial charge in [-0.3, -0.25) is 4.90 Å². The maximum Gasteiger partial charge on any atom is 0.0947 e. The highest BCUT2D eigenvalue weighted by Gasteiger charge is 2.33. The molecule has 3 atom stereocenters. The maximum atomic E-state index is 10.8. The molecule has 1 aliphatic heterocycles. The number of likely N-dealkylation sites (tertiary alicyclic amines) is 1. The number of hydrogen-bond donors (Lipinski definition) is 1. The lowest BCUT2D eigenvalue weighted by Crippen LogP contribution is -2.48. The molecule has 1 aliphatic rings. The monoisotopic (exact) mass is 291 g/mol. The van der Waals surface area contributed by atoms with Gasteiger partial charge in [-0.1, -0.05) is 44.2 Å². The second-order valence-electron chi connectivity index (χ2n) is 6.55. The Morgan fingerprint density at radius 2 is 2.00 bits per heavy atom. The molecule has 0 aliphatic carbocycles. The summed E-state index contributed by atoms with van der Waals surface area (Å²) in [6.07, 6.45) is 2.00. The zero-order valence-electron chi connectivity index (χ0n) is 13.5. The summed E-state index contributed by atoms with van der Waals surface area (Å²) >= 11 is 0. The van der Waals surface area contributed by atoms with E-state index in [1.807, 2.05) is 30.3 Å². The SMILES string of the molecule is COCC1CCCN(C(C(C)C)C(O)c2ccccc2)C1. The maximum absolute atomic E-state index is 10.8. The fourth-order valence-electron chi connectivity index (χ4n) is 3.57. The summed E-state index contributed by atoms with van der Waals surface area (Å²) in [7, 11) is 1.78. The molecule has 21 heavy (non-hydrogen) atoms. The van der Waals surface area contributed by atoms with Gasteiger partial charge in [0.05, 0.1) is 12.7 Å². The highest BCUT2D eigenvalue weighted by Crippen LogP contribution is 2.30. The zero-order chi connectivity index (χ0) is 15.2. The highest BCUT2D eigenvalue weighted by molar-refractivity contribution is 5.19. The first-order chi connectivity index (χ1) is 10.1. The van der Waals surface area contributed by atoms with Gasteiger partial charge in [0.15, 0.2) is 0 Å². The fraction of sp³-hybridized carbons (Fsp3) is 0.667. The predicted octanol–water partition coefficient (Wildman–Crippen LogP) is 3.10. The first-order valence-corrected chi connectivity index (χ1v) is 8.09. The third-order valence-electron chi connectivity index (χ3n) is 4.52. The van der Waals surface area contributed by atoms with E-state index in [1.165, 1.54) is 12.8 Å². The Morgan fingerprint density at radius 1 is 1.29 bits per heavy atom. The van der Waals surface area contributed by atoms with Gasteiger partial charge in [-0.05, 0) is 36.8 Å². The highest BCUT2D eigenvalue weighted by atomic mass is 16.5. The Morgan fingerprint density at radius 3 is 2.62 bits per heavy atom. The molecule has 1 aromatic rings. The molecule has 0 aromatic heterocycles. The normalized spacial score (nSPS) is 23.2. The molecule has 0 spiro atoms. The average Bonchev–Trinajstić information content (AvgIpc) is 2.48. The van der Waals surface area contributed by atoms with E-state index in [1.54, 1.807) is 7.11 Å². The largest absolute Gasteiger partial charge is 0.387 e. The topological polar surface area (TPSA) is 32.7 Å². The van der Waals surface area contributed by atoms with Crippen molar-refractivity contribution in [1.29, 1.82) is 0 Å². The molecule has 2 rings (SSSR count). The van der Waals surface area contributed by atoms with Crippen molar-refractivity contribution in [2.45, 2.75) is 38.8 Å². The number of ether oxygens (including phenoxy) is 1. The van der Waals surface area contributed by atoms with Gasteiger partial charge in [0.2, 0.25) is 0 Å². The van der Waals surface area contributed by atoms with Crippen molar-refractivity contribution in [3.63, 3.8) is 0 Å². The smallest absolute Gasteiger partial charge is 0.0947 e. The van der Waals surface area contributed by atoms with E-state index in [2.05, 4.69) is 18.7 Å². The van der Waals surface area contributed by atoms with Crippen LogP contribution in [0.2, 0.25) is 0 Å². The second kappa shape index (κ2) is 7.92. The Labute approximate surface area is 128 Å². The van der Waals surface area contributed by atoms with Crippen LogP contribution in [-0.4, -0.2) is 42.9 Å². The molecule has 3 unspecified atom stereocenters. The molecule has 1 fully saturated rings. The summed E-state index contributed by atoms with van der Waals surface area (Å²) in [6.45, 7) is 7.34. The summed E-state index contributed by atoms with van der Waals surface area (Å²) in [5.74, 6) is 1.01. The summed E-state index contributed by atoms with van der Waals surface area (Å²) in [6, 6.07) is 10.2. The van der Waals surface area contributed by atoms with E-state index in [4.69, 9.17) is 4.74 Å². The quantitative estimate of drug-likeness (QED) is 0.874. The molecule has 118 valence electrons. The fourth-order valence-corrected chi connectivity index (χ4v) is 3.57. The van der Waals surface area contributed by atoms with Gasteiger partial charge >= 0.3 is 0 Å². The van der Waals surface area contributed by atoms with Gasteiger partial charge < -0.3 is 9.84 Å². The van der Waals surface area contributed by atoms with E-state index in [0.29, 0.717) is 11.8 Å². The Bertz CT molecular complexity index is 405. The van der Waals surface area contributed by atoms with E-state index >= 15 is 0 Å². The van der Waals surface area contributed by atoms with Gasteiger partial charge in [-0.15, -0.1) is 0 Å². The molecule has 1 N–H and O–H groups in total. The van der Waals surface area contributed by atoms with Crippen LogP contribution >= 0.6 is 0 Å². The van der Waals surface area contributed by atoms with Gasteiger partial charge in [0, 0.05) is 19.7 Å². The first-order valence-electron chi connectivity index (χ1n) is 8.09. The van der Waals surface area contributed by atoms with Crippen molar-refractivity contribution in [1.82, 2.24) is 4.90 Å². The van der Waals surface area contributed by atoms with E-state index < -0.39 is 6.10 Å². The van der Waals surface area contributed by atoms with E-state index in [-0.39, 0.29) is 6.04 Å².